The summed E-state index contributed by atoms with van der Waals surface area (Å²) in [6.45, 7) is 2.48. The predicted molar refractivity (Wildman–Crippen MR) is 159 cm³/mol. The molecule has 0 unspecified atom stereocenters. The van der Waals surface area contributed by atoms with Gasteiger partial charge >= 0.3 is 0 Å². The molecule has 0 aliphatic carbocycles. The van der Waals surface area contributed by atoms with Crippen LogP contribution in [0.2, 0.25) is 5.02 Å². The first kappa shape index (κ1) is 27.2. The minimum Gasteiger partial charge on any atom is -0.449 e. The van der Waals surface area contributed by atoms with Crippen molar-refractivity contribution in [3.63, 3.8) is 0 Å². The number of carbonyl (C=O) groups is 2. The maximum absolute atomic E-state index is 13.5. The van der Waals surface area contributed by atoms with Gasteiger partial charge in [-0.25, -0.2) is 0 Å². The van der Waals surface area contributed by atoms with Crippen molar-refractivity contribution in [2.45, 2.75) is 13.1 Å². The van der Waals surface area contributed by atoms with Gasteiger partial charge in [-0.1, -0.05) is 78.3 Å². The van der Waals surface area contributed by atoms with E-state index in [4.69, 9.17) is 16.3 Å². The van der Waals surface area contributed by atoms with Crippen LogP contribution >= 0.6 is 11.6 Å². The Labute approximate surface area is 239 Å². The van der Waals surface area contributed by atoms with Gasteiger partial charge in [0.15, 0.2) is 11.5 Å². The van der Waals surface area contributed by atoms with Gasteiger partial charge in [-0.05, 0) is 66.2 Å². The molecule has 0 aromatic heterocycles. The Bertz CT molecular complexity index is 1500. The number of ether oxygens (including phenoxy) is 1. The summed E-state index contributed by atoms with van der Waals surface area (Å²) in [7, 11) is 2.03. The molecule has 40 heavy (non-hydrogen) atoms. The lowest BCUT2D eigenvalue weighted by Gasteiger charge is -2.30. The fourth-order valence-electron chi connectivity index (χ4n) is 4.51. The van der Waals surface area contributed by atoms with E-state index in [0.717, 1.165) is 24.2 Å². The Kier molecular flexibility index (Phi) is 8.59. The zero-order chi connectivity index (χ0) is 27.9. The van der Waals surface area contributed by atoms with Gasteiger partial charge in [0.1, 0.15) is 0 Å². The first-order chi connectivity index (χ1) is 19.5. The molecule has 202 valence electrons. The molecule has 6 nitrogen and oxygen atoms in total. The second kappa shape index (κ2) is 12.6. The highest BCUT2D eigenvalue weighted by Gasteiger charge is 2.30. The number of halogens is 1. The van der Waals surface area contributed by atoms with E-state index in [9.17, 15) is 9.59 Å². The quantitative estimate of drug-likeness (QED) is 0.253. The van der Waals surface area contributed by atoms with Crippen molar-refractivity contribution in [3.8, 4) is 5.75 Å². The molecule has 4 aromatic carbocycles. The largest absolute Gasteiger partial charge is 0.449 e. The van der Waals surface area contributed by atoms with Crippen molar-refractivity contribution in [1.82, 2.24) is 10.2 Å². The number of para-hydroxylation sites is 2. The van der Waals surface area contributed by atoms with E-state index in [1.165, 1.54) is 5.56 Å². The van der Waals surface area contributed by atoms with E-state index in [0.29, 0.717) is 35.1 Å². The molecule has 0 bridgehead atoms. The highest BCUT2D eigenvalue weighted by molar-refractivity contribution is 6.30. The third-order valence-corrected chi connectivity index (χ3v) is 6.88. The molecule has 0 saturated carbocycles. The van der Waals surface area contributed by atoms with E-state index in [-0.39, 0.29) is 17.6 Å². The van der Waals surface area contributed by atoms with Crippen LogP contribution in [0, 0.1) is 0 Å². The third kappa shape index (κ3) is 6.78. The summed E-state index contributed by atoms with van der Waals surface area (Å²) < 4.78 is 6.00. The van der Waals surface area contributed by atoms with Crippen molar-refractivity contribution in [2.24, 2.45) is 0 Å². The summed E-state index contributed by atoms with van der Waals surface area (Å²) in [4.78, 5) is 30.0. The number of likely N-dealkylation sites (N-methyl/N-ethyl adjacent to an activating group) is 1. The number of rotatable bonds is 9. The van der Waals surface area contributed by atoms with Crippen LogP contribution in [0.3, 0.4) is 0 Å². The van der Waals surface area contributed by atoms with E-state index in [1.807, 2.05) is 85.9 Å². The van der Waals surface area contributed by atoms with Crippen LogP contribution < -0.4 is 15.0 Å². The average Bonchev–Trinajstić information content (AvgIpc) is 2.97. The van der Waals surface area contributed by atoms with Gasteiger partial charge in [0.25, 0.3) is 11.8 Å². The number of fused-ring (bicyclic) bond motifs is 1. The summed E-state index contributed by atoms with van der Waals surface area (Å²) in [5, 5.41) is 3.62. The summed E-state index contributed by atoms with van der Waals surface area (Å²) in [5.41, 5.74) is 4.21. The molecule has 0 atom stereocenters. The van der Waals surface area contributed by atoms with Gasteiger partial charge in [-0.3, -0.25) is 14.5 Å². The molecule has 1 N–H and O–H groups in total. The number of nitrogens with zero attached hydrogens (tertiary/aromatic N) is 2. The van der Waals surface area contributed by atoms with Crippen molar-refractivity contribution in [2.75, 3.05) is 25.0 Å². The van der Waals surface area contributed by atoms with Crippen molar-refractivity contribution in [1.29, 1.82) is 0 Å². The van der Waals surface area contributed by atoms with Crippen molar-refractivity contribution >= 4 is 35.2 Å². The zero-order valence-corrected chi connectivity index (χ0v) is 23.0. The van der Waals surface area contributed by atoms with E-state index in [1.54, 1.807) is 23.1 Å². The van der Waals surface area contributed by atoms with Gasteiger partial charge in [0.2, 0.25) is 0 Å². The molecule has 4 aromatic rings. The zero-order valence-electron chi connectivity index (χ0n) is 22.2. The Morgan fingerprint density at radius 3 is 2.35 bits per heavy atom. The van der Waals surface area contributed by atoms with Gasteiger partial charge in [0, 0.05) is 30.2 Å². The minimum atomic E-state index is -0.241. The molecule has 0 spiro atoms. The minimum absolute atomic E-state index is 0.139. The average molecular weight is 552 g/mol. The van der Waals surface area contributed by atoms with Gasteiger partial charge in [-0.2, -0.15) is 0 Å². The molecule has 7 heteroatoms. The number of hydrogen-bond donors (Lipinski definition) is 1. The Morgan fingerprint density at radius 1 is 0.900 bits per heavy atom. The molecule has 0 saturated heterocycles. The molecule has 0 fully saturated rings. The van der Waals surface area contributed by atoms with Crippen LogP contribution in [0.15, 0.2) is 109 Å². The predicted octanol–water partition coefficient (Wildman–Crippen LogP) is 6.17. The van der Waals surface area contributed by atoms with Crippen molar-refractivity contribution in [3.05, 3.63) is 136 Å². The fraction of sp³-hybridized carbons (Fsp3) is 0.152. The van der Waals surface area contributed by atoms with E-state index >= 15 is 0 Å². The summed E-state index contributed by atoms with van der Waals surface area (Å²) >= 11 is 6.04. The van der Waals surface area contributed by atoms with E-state index < -0.39 is 0 Å². The molecular formula is C33H30ClN3O3. The topological polar surface area (TPSA) is 61.9 Å². The molecule has 1 aliphatic rings. The van der Waals surface area contributed by atoms with Crippen LogP contribution in [0.1, 0.15) is 27.0 Å². The number of nitrogens with one attached hydrogen (secondary N) is 1. The monoisotopic (exact) mass is 551 g/mol. The molecule has 1 heterocycles. The Balaban J connectivity index is 1.23. The maximum atomic E-state index is 13.5. The number of carbonyl (C=O) groups excluding carboxylic acids is 2. The normalized spacial score (nSPS) is 13.7. The Morgan fingerprint density at radius 2 is 1.60 bits per heavy atom. The fourth-order valence-corrected chi connectivity index (χ4v) is 4.64. The molecule has 2 amide bonds. The van der Waals surface area contributed by atoms with Crippen LogP contribution in [-0.2, 0) is 17.9 Å². The molecule has 5 rings (SSSR count). The third-order valence-electron chi connectivity index (χ3n) is 6.63. The van der Waals surface area contributed by atoms with Crippen molar-refractivity contribution < 1.29 is 14.3 Å². The first-order valence-electron chi connectivity index (χ1n) is 13.1. The molecule has 0 radical (unpaired) electrons. The highest BCUT2D eigenvalue weighted by atomic mass is 35.5. The summed E-state index contributed by atoms with van der Waals surface area (Å²) in [6, 6.07) is 32.3. The van der Waals surface area contributed by atoms with Gasteiger partial charge in [-0.15, -0.1) is 0 Å². The van der Waals surface area contributed by atoms with Crippen LogP contribution in [0.25, 0.3) is 6.08 Å². The summed E-state index contributed by atoms with van der Waals surface area (Å²) in [6.07, 6.45) is 1.70. The maximum Gasteiger partial charge on any atom is 0.294 e. The van der Waals surface area contributed by atoms with Crippen LogP contribution in [0.4, 0.5) is 5.69 Å². The summed E-state index contributed by atoms with van der Waals surface area (Å²) in [5.74, 6) is 0.442. The lowest BCUT2D eigenvalue weighted by atomic mass is 10.1. The molecule has 1 aliphatic heterocycles. The van der Waals surface area contributed by atoms with Gasteiger partial charge in [0.05, 0.1) is 12.2 Å². The second-order valence-corrected chi connectivity index (χ2v) is 10.1. The standard InChI is InChI=1S/C33H30ClN3O3/c1-36(22-25-7-3-2-4-8-25)20-19-35-32(38)27-15-11-24(12-16-27)21-31-33(39)37(23-26-13-17-28(34)18-14-26)29-9-5-6-10-30(29)40-31/h2-18,21H,19-20,22-23H2,1H3,(H,35,38). The number of amides is 2. The first-order valence-corrected chi connectivity index (χ1v) is 13.5. The lowest BCUT2D eigenvalue weighted by Crippen LogP contribution is -2.36. The van der Waals surface area contributed by atoms with E-state index in [2.05, 4.69) is 22.3 Å². The smallest absolute Gasteiger partial charge is 0.294 e. The molecular weight excluding hydrogens is 522 g/mol. The SMILES string of the molecule is CN(CCNC(=O)c1ccc(C=C2Oc3ccccc3N(Cc3ccc(Cl)cc3)C2=O)cc1)Cc1ccccc1. The van der Waals surface area contributed by atoms with Crippen LogP contribution in [-0.4, -0.2) is 36.9 Å². The highest BCUT2D eigenvalue weighted by Crippen LogP contribution is 2.36. The van der Waals surface area contributed by atoms with Gasteiger partial charge < -0.3 is 15.0 Å². The lowest BCUT2D eigenvalue weighted by molar-refractivity contribution is -0.117. The van der Waals surface area contributed by atoms with Crippen LogP contribution in [0.5, 0.6) is 5.75 Å². The number of anilines is 1. The number of hydrogen-bond acceptors (Lipinski definition) is 4. The number of benzene rings is 4. The Hall–Kier alpha value is -4.39. The second-order valence-electron chi connectivity index (χ2n) is 9.70.